The van der Waals surface area contributed by atoms with Crippen LogP contribution in [0.3, 0.4) is 0 Å². The first kappa shape index (κ1) is 18.4. The monoisotopic (exact) mass is 437 g/mol. The molecule has 2 aromatic rings. The minimum Gasteiger partial charge on any atom is -0.481 e. The van der Waals surface area contributed by atoms with Gasteiger partial charge in [-0.25, -0.2) is 0 Å². The lowest BCUT2D eigenvalue weighted by atomic mass is 9.94. The van der Waals surface area contributed by atoms with Crippen molar-refractivity contribution in [2.75, 3.05) is 5.32 Å². The summed E-state index contributed by atoms with van der Waals surface area (Å²) in [5.41, 5.74) is 3.84. The van der Waals surface area contributed by atoms with Crippen molar-refractivity contribution in [1.82, 2.24) is 0 Å². The second kappa shape index (κ2) is 8.28. The molecule has 0 saturated heterocycles. The van der Waals surface area contributed by atoms with E-state index >= 15 is 0 Å². The van der Waals surface area contributed by atoms with E-state index in [4.69, 9.17) is 0 Å². The van der Waals surface area contributed by atoms with Gasteiger partial charge in [-0.3, -0.25) is 9.59 Å². The number of carbonyl (C=O) groups is 2. The van der Waals surface area contributed by atoms with Crippen molar-refractivity contribution >= 4 is 40.2 Å². The number of anilines is 1. The minimum absolute atomic E-state index is 0.0483. The number of hydrogen-bond acceptors (Lipinski definition) is 2. The molecule has 0 fully saturated rings. The maximum absolute atomic E-state index is 12.2. The number of aryl methyl sites for hydroxylation is 2. The van der Waals surface area contributed by atoms with Crippen LogP contribution in [0.5, 0.6) is 0 Å². The van der Waals surface area contributed by atoms with Crippen LogP contribution in [-0.2, 0) is 16.0 Å². The second-order valence-electron chi connectivity index (χ2n) is 5.97. The van der Waals surface area contributed by atoms with E-state index in [1.54, 1.807) is 6.07 Å². The minimum atomic E-state index is -0.952. The van der Waals surface area contributed by atoms with E-state index in [0.29, 0.717) is 12.1 Å². The van der Waals surface area contributed by atoms with Crippen LogP contribution in [0.15, 0.2) is 42.5 Å². The Morgan fingerprint density at radius 2 is 1.75 bits per heavy atom. The zero-order valence-electron chi connectivity index (χ0n) is 13.7. The van der Waals surface area contributed by atoms with Gasteiger partial charge in [0.25, 0.3) is 0 Å². The topological polar surface area (TPSA) is 66.4 Å². The molecule has 2 rings (SSSR count). The molecule has 0 aromatic heterocycles. The zero-order valence-corrected chi connectivity index (χ0v) is 15.8. The number of hydrogen-bond donors (Lipinski definition) is 2. The Kier molecular flexibility index (Phi) is 6.36. The van der Waals surface area contributed by atoms with E-state index in [1.807, 2.05) is 50.2 Å². The van der Waals surface area contributed by atoms with Crippen molar-refractivity contribution < 1.29 is 14.7 Å². The first-order valence-electron chi connectivity index (χ1n) is 7.69. The Morgan fingerprint density at radius 3 is 2.33 bits per heavy atom. The summed E-state index contributed by atoms with van der Waals surface area (Å²) in [6.45, 7) is 3.96. The molecule has 1 amide bonds. The number of aliphatic carboxylic acids is 1. The standard InChI is InChI=1S/C19H20INO3/c1-12-7-13(2)9-14(8-12)10-15(19(23)24)11-18(22)21-17-6-4-3-5-16(17)20/h3-9,15H,10-11H2,1-2H3,(H,21,22)(H,23,24). The number of carbonyl (C=O) groups excluding carboxylic acids is 1. The summed E-state index contributed by atoms with van der Waals surface area (Å²) in [7, 11) is 0. The molecule has 0 bridgehead atoms. The first-order valence-corrected chi connectivity index (χ1v) is 8.77. The molecule has 0 aliphatic heterocycles. The predicted octanol–water partition coefficient (Wildman–Crippen LogP) is 4.18. The Balaban J connectivity index is 2.07. The Hall–Kier alpha value is -1.89. The van der Waals surface area contributed by atoms with Crippen molar-refractivity contribution in [2.45, 2.75) is 26.7 Å². The van der Waals surface area contributed by atoms with Crippen LogP contribution in [-0.4, -0.2) is 17.0 Å². The van der Waals surface area contributed by atoms with Crippen LogP contribution in [0.25, 0.3) is 0 Å². The number of halogens is 1. The number of carboxylic acid groups (broad SMARTS) is 1. The van der Waals surface area contributed by atoms with Gasteiger partial charge in [0.05, 0.1) is 11.6 Å². The van der Waals surface area contributed by atoms with E-state index in [1.165, 1.54) is 0 Å². The van der Waals surface area contributed by atoms with Crippen molar-refractivity contribution in [3.05, 3.63) is 62.7 Å². The fourth-order valence-electron chi connectivity index (χ4n) is 2.71. The molecule has 0 aliphatic rings. The summed E-state index contributed by atoms with van der Waals surface area (Å²) in [6, 6.07) is 13.4. The number of rotatable bonds is 6. The molecule has 0 radical (unpaired) electrons. The third-order valence-corrected chi connectivity index (χ3v) is 4.63. The highest BCUT2D eigenvalue weighted by molar-refractivity contribution is 14.1. The lowest BCUT2D eigenvalue weighted by Gasteiger charge is -2.14. The summed E-state index contributed by atoms with van der Waals surface area (Å²) in [4.78, 5) is 23.8. The Bertz CT molecular complexity index is 738. The molecule has 4 nitrogen and oxygen atoms in total. The maximum Gasteiger partial charge on any atom is 0.307 e. The molecular formula is C19H20INO3. The molecule has 5 heteroatoms. The van der Waals surface area contributed by atoms with Crippen molar-refractivity contribution in [2.24, 2.45) is 5.92 Å². The van der Waals surface area contributed by atoms with E-state index < -0.39 is 11.9 Å². The third-order valence-electron chi connectivity index (χ3n) is 3.69. The van der Waals surface area contributed by atoms with E-state index in [2.05, 4.69) is 27.9 Å². The SMILES string of the molecule is Cc1cc(C)cc(CC(CC(=O)Nc2ccccc2I)C(=O)O)c1. The average molecular weight is 437 g/mol. The van der Waals surface area contributed by atoms with E-state index in [0.717, 1.165) is 20.3 Å². The Morgan fingerprint density at radius 1 is 1.12 bits per heavy atom. The van der Waals surface area contributed by atoms with E-state index in [9.17, 15) is 14.7 Å². The van der Waals surface area contributed by atoms with Gasteiger partial charge < -0.3 is 10.4 Å². The third kappa shape index (κ3) is 5.33. The molecule has 1 atom stereocenters. The lowest BCUT2D eigenvalue weighted by molar-refractivity contribution is -0.143. The van der Waals surface area contributed by atoms with Crippen molar-refractivity contribution in [3.8, 4) is 0 Å². The maximum atomic E-state index is 12.2. The summed E-state index contributed by atoms with van der Waals surface area (Å²) in [6.07, 6.45) is 0.296. The largest absolute Gasteiger partial charge is 0.481 e. The Labute approximate surface area is 155 Å². The first-order chi connectivity index (χ1) is 11.3. The number of amides is 1. The summed E-state index contributed by atoms with van der Waals surface area (Å²) in [5.74, 6) is -1.98. The normalized spacial score (nSPS) is 11.8. The van der Waals surface area contributed by atoms with Gasteiger partial charge in [0.15, 0.2) is 0 Å². The van der Waals surface area contributed by atoms with Gasteiger partial charge in [-0.15, -0.1) is 0 Å². The fraction of sp³-hybridized carbons (Fsp3) is 0.263. The van der Waals surface area contributed by atoms with Crippen molar-refractivity contribution in [3.63, 3.8) is 0 Å². The predicted molar refractivity (Wildman–Crippen MR) is 103 cm³/mol. The van der Waals surface area contributed by atoms with Crippen LogP contribution in [0.4, 0.5) is 5.69 Å². The number of para-hydroxylation sites is 1. The molecule has 0 heterocycles. The molecule has 0 aliphatic carbocycles. The average Bonchev–Trinajstić information content (AvgIpc) is 2.48. The van der Waals surface area contributed by atoms with Crippen LogP contribution < -0.4 is 5.32 Å². The molecule has 2 aromatic carbocycles. The summed E-state index contributed by atoms with van der Waals surface area (Å²) in [5, 5.41) is 12.3. The lowest BCUT2D eigenvalue weighted by Crippen LogP contribution is -2.24. The van der Waals surface area contributed by atoms with E-state index in [-0.39, 0.29) is 12.3 Å². The van der Waals surface area contributed by atoms with Crippen LogP contribution in [0.2, 0.25) is 0 Å². The molecule has 1 unspecified atom stereocenters. The van der Waals surface area contributed by atoms with Crippen molar-refractivity contribution in [1.29, 1.82) is 0 Å². The quantitative estimate of drug-likeness (QED) is 0.667. The van der Waals surface area contributed by atoms with Gasteiger partial charge in [0, 0.05) is 9.99 Å². The molecule has 0 saturated carbocycles. The van der Waals surface area contributed by atoms with Gasteiger partial charge in [-0.2, -0.15) is 0 Å². The molecule has 126 valence electrons. The summed E-state index contributed by atoms with van der Waals surface area (Å²) >= 11 is 2.14. The number of carboxylic acids is 1. The highest BCUT2D eigenvalue weighted by atomic mass is 127. The van der Waals surface area contributed by atoms with Gasteiger partial charge >= 0.3 is 5.97 Å². The molecule has 24 heavy (non-hydrogen) atoms. The zero-order chi connectivity index (χ0) is 17.7. The summed E-state index contributed by atoms with van der Waals surface area (Å²) < 4.78 is 0.921. The second-order valence-corrected chi connectivity index (χ2v) is 7.13. The van der Waals surface area contributed by atoms with Crippen LogP contribution in [0, 0.1) is 23.3 Å². The highest BCUT2D eigenvalue weighted by Crippen LogP contribution is 2.20. The fourth-order valence-corrected chi connectivity index (χ4v) is 3.23. The van der Waals surface area contributed by atoms with Crippen LogP contribution in [0.1, 0.15) is 23.1 Å². The molecule has 2 N–H and O–H groups in total. The number of benzene rings is 2. The van der Waals surface area contributed by atoms with Gasteiger partial charge in [-0.05, 0) is 60.6 Å². The smallest absolute Gasteiger partial charge is 0.307 e. The van der Waals surface area contributed by atoms with Gasteiger partial charge in [-0.1, -0.05) is 41.5 Å². The van der Waals surface area contributed by atoms with Gasteiger partial charge in [0.1, 0.15) is 0 Å². The molecular weight excluding hydrogens is 417 g/mol. The molecule has 0 spiro atoms. The van der Waals surface area contributed by atoms with Crippen LogP contribution >= 0.6 is 22.6 Å². The highest BCUT2D eigenvalue weighted by Gasteiger charge is 2.22. The van der Waals surface area contributed by atoms with Gasteiger partial charge in [0.2, 0.25) is 5.91 Å². The number of nitrogens with one attached hydrogen (secondary N) is 1.